The first kappa shape index (κ1) is 15.2. The van der Waals surface area contributed by atoms with Gasteiger partial charge in [0, 0.05) is 22.8 Å². The van der Waals surface area contributed by atoms with Gasteiger partial charge in [-0.15, -0.1) is 11.8 Å². The fourth-order valence-electron chi connectivity index (χ4n) is 3.45. The number of hydrogen-bond donors (Lipinski definition) is 0. The van der Waals surface area contributed by atoms with Gasteiger partial charge in [0.25, 0.3) is 5.69 Å². The molecule has 2 aromatic carbocycles. The highest BCUT2D eigenvalue weighted by atomic mass is 32.2. The van der Waals surface area contributed by atoms with Crippen LogP contribution in [0.1, 0.15) is 46.3 Å². The van der Waals surface area contributed by atoms with Crippen molar-refractivity contribution in [2.45, 2.75) is 29.8 Å². The molecule has 122 valence electrons. The van der Waals surface area contributed by atoms with Crippen LogP contribution < -0.4 is 0 Å². The van der Waals surface area contributed by atoms with Gasteiger partial charge < -0.3 is 4.74 Å². The number of nitrogens with zero attached hydrogens (tertiary/aromatic N) is 1. The van der Waals surface area contributed by atoms with Crippen molar-refractivity contribution in [1.29, 1.82) is 0 Å². The molecule has 24 heavy (non-hydrogen) atoms. The zero-order valence-electron chi connectivity index (χ0n) is 12.8. The molecule has 0 amide bonds. The number of nitro benzene ring substituents is 1. The van der Waals surface area contributed by atoms with Crippen LogP contribution in [0.15, 0.2) is 47.4 Å². The Labute approximate surface area is 143 Å². The van der Waals surface area contributed by atoms with Crippen molar-refractivity contribution in [3.8, 4) is 0 Å². The molecule has 1 heterocycles. The number of esters is 1. The largest absolute Gasteiger partial charge is 0.454 e. The summed E-state index contributed by atoms with van der Waals surface area (Å²) >= 11 is 1.87. The van der Waals surface area contributed by atoms with Crippen LogP contribution in [0, 0.1) is 10.1 Å². The Hall–Kier alpha value is -2.34. The third-order valence-corrected chi connectivity index (χ3v) is 5.87. The molecule has 1 aliphatic carbocycles. The van der Waals surface area contributed by atoms with E-state index in [1.54, 1.807) is 0 Å². The summed E-state index contributed by atoms with van der Waals surface area (Å²) in [6, 6.07) is 11.7. The molecule has 0 aromatic heterocycles. The monoisotopic (exact) mass is 341 g/mol. The van der Waals surface area contributed by atoms with Crippen LogP contribution >= 0.6 is 11.8 Å². The zero-order chi connectivity index (χ0) is 16.7. The number of carbonyl (C=O) groups excluding carboxylic acids is 1. The fraction of sp³-hybridized carbons (Fsp3) is 0.278. The average Bonchev–Trinajstić information content (AvgIpc) is 3.02. The lowest BCUT2D eigenvalue weighted by Crippen LogP contribution is -2.19. The van der Waals surface area contributed by atoms with E-state index in [4.69, 9.17) is 4.74 Å². The number of non-ortho nitro benzene ring substituents is 1. The van der Waals surface area contributed by atoms with Gasteiger partial charge in [-0.05, 0) is 48.1 Å². The van der Waals surface area contributed by atoms with E-state index in [9.17, 15) is 14.9 Å². The highest BCUT2D eigenvalue weighted by Crippen LogP contribution is 2.50. The maximum absolute atomic E-state index is 12.4. The Morgan fingerprint density at radius 1 is 1.17 bits per heavy atom. The van der Waals surface area contributed by atoms with Crippen LogP contribution in [0.3, 0.4) is 0 Å². The molecule has 0 spiro atoms. The number of benzene rings is 2. The molecule has 0 bridgehead atoms. The first-order valence-electron chi connectivity index (χ1n) is 7.84. The minimum absolute atomic E-state index is 0.0371. The number of rotatable bonds is 3. The Morgan fingerprint density at radius 3 is 2.71 bits per heavy atom. The van der Waals surface area contributed by atoms with E-state index in [0.29, 0.717) is 11.5 Å². The van der Waals surface area contributed by atoms with Gasteiger partial charge in [0.15, 0.2) is 0 Å². The fourth-order valence-corrected chi connectivity index (χ4v) is 4.78. The lowest BCUT2D eigenvalue weighted by Gasteiger charge is -2.28. The average molecular weight is 341 g/mol. The van der Waals surface area contributed by atoms with E-state index in [1.165, 1.54) is 34.7 Å². The van der Waals surface area contributed by atoms with Crippen molar-refractivity contribution in [3.63, 3.8) is 0 Å². The third kappa shape index (κ3) is 2.57. The van der Waals surface area contributed by atoms with E-state index in [0.717, 1.165) is 24.2 Å². The molecule has 2 unspecified atom stereocenters. The van der Waals surface area contributed by atoms with Gasteiger partial charge in [-0.3, -0.25) is 10.1 Å². The molecule has 6 heteroatoms. The predicted molar refractivity (Wildman–Crippen MR) is 90.4 cm³/mol. The van der Waals surface area contributed by atoms with Gasteiger partial charge >= 0.3 is 5.97 Å². The molecule has 0 fully saturated rings. The molecule has 2 atom stereocenters. The van der Waals surface area contributed by atoms with Crippen LogP contribution in [0.25, 0.3) is 0 Å². The highest BCUT2D eigenvalue weighted by Gasteiger charge is 2.35. The highest BCUT2D eigenvalue weighted by molar-refractivity contribution is 7.99. The van der Waals surface area contributed by atoms with Gasteiger partial charge in [0.2, 0.25) is 0 Å². The quantitative estimate of drug-likeness (QED) is 0.468. The molecule has 2 aromatic rings. The number of hydrogen-bond acceptors (Lipinski definition) is 5. The first-order valence-corrected chi connectivity index (χ1v) is 8.83. The molecule has 0 radical (unpaired) electrons. The van der Waals surface area contributed by atoms with Crippen molar-refractivity contribution < 1.29 is 14.5 Å². The molecular weight excluding hydrogens is 326 g/mol. The normalized spacial score (nSPS) is 21.2. The van der Waals surface area contributed by atoms with Crippen LogP contribution in [0.2, 0.25) is 0 Å². The van der Waals surface area contributed by atoms with Crippen molar-refractivity contribution >= 4 is 23.4 Å². The maximum Gasteiger partial charge on any atom is 0.338 e. The number of nitro groups is 1. The topological polar surface area (TPSA) is 69.4 Å². The summed E-state index contributed by atoms with van der Waals surface area (Å²) in [6.45, 7) is 0. The minimum atomic E-state index is -0.485. The second-order valence-corrected chi connectivity index (χ2v) is 7.10. The molecule has 0 saturated heterocycles. The number of thioether (sulfide) groups is 1. The van der Waals surface area contributed by atoms with E-state index >= 15 is 0 Å². The van der Waals surface area contributed by atoms with Crippen molar-refractivity contribution in [2.75, 3.05) is 5.75 Å². The van der Waals surface area contributed by atoms with Crippen LogP contribution in [0.5, 0.6) is 0 Å². The van der Waals surface area contributed by atoms with Gasteiger partial charge in [0.1, 0.15) is 6.10 Å². The first-order chi connectivity index (χ1) is 11.6. The van der Waals surface area contributed by atoms with Crippen LogP contribution in [-0.2, 0) is 4.74 Å². The van der Waals surface area contributed by atoms with E-state index in [1.807, 2.05) is 23.9 Å². The summed E-state index contributed by atoms with van der Waals surface area (Å²) in [7, 11) is 0. The van der Waals surface area contributed by atoms with Gasteiger partial charge in [-0.1, -0.05) is 12.1 Å². The predicted octanol–water partition coefficient (Wildman–Crippen LogP) is 4.48. The lowest BCUT2D eigenvalue weighted by atomic mass is 9.82. The standard InChI is InChI=1S/C18H15NO4S/c20-18(11-4-7-13(8-5-11)19(21)22)23-15-9-6-12-10-24-16-3-1-2-14(15)17(12)16/h1-5,7-8,12,15H,6,9-10H2. The van der Waals surface area contributed by atoms with E-state index in [2.05, 4.69) is 6.07 Å². The molecule has 0 saturated carbocycles. The van der Waals surface area contributed by atoms with E-state index < -0.39 is 10.9 Å². The molecule has 1 aliphatic heterocycles. The second-order valence-electron chi connectivity index (χ2n) is 6.04. The summed E-state index contributed by atoms with van der Waals surface area (Å²) < 4.78 is 5.72. The maximum atomic E-state index is 12.4. The smallest absolute Gasteiger partial charge is 0.338 e. The van der Waals surface area contributed by atoms with E-state index in [-0.39, 0.29) is 11.8 Å². The van der Waals surface area contributed by atoms with Gasteiger partial charge in [0.05, 0.1) is 10.5 Å². The molecule has 5 nitrogen and oxygen atoms in total. The SMILES string of the molecule is O=C(OC1CCC2CSc3cccc1c32)c1ccc([N+](=O)[O-])cc1. The molecule has 4 rings (SSSR count). The summed E-state index contributed by atoms with van der Waals surface area (Å²) in [5.41, 5.74) is 2.76. The van der Waals surface area contributed by atoms with Crippen LogP contribution in [-0.4, -0.2) is 16.6 Å². The minimum Gasteiger partial charge on any atom is -0.454 e. The van der Waals surface area contributed by atoms with Gasteiger partial charge in [-0.25, -0.2) is 4.79 Å². The lowest BCUT2D eigenvalue weighted by molar-refractivity contribution is -0.384. The van der Waals surface area contributed by atoms with Gasteiger partial charge in [-0.2, -0.15) is 0 Å². The Kier molecular flexibility index (Phi) is 3.76. The number of carbonyl (C=O) groups is 1. The third-order valence-electron chi connectivity index (χ3n) is 4.64. The molecular formula is C18H15NO4S. The zero-order valence-corrected chi connectivity index (χ0v) is 13.6. The van der Waals surface area contributed by atoms with Crippen molar-refractivity contribution in [3.05, 3.63) is 69.3 Å². The van der Waals surface area contributed by atoms with Crippen molar-refractivity contribution in [2.24, 2.45) is 0 Å². The summed E-state index contributed by atoms with van der Waals surface area (Å²) in [5.74, 6) is 1.24. The number of ether oxygens (including phenoxy) is 1. The van der Waals surface area contributed by atoms with Crippen LogP contribution in [0.4, 0.5) is 5.69 Å². The summed E-state index contributed by atoms with van der Waals surface area (Å²) in [6.07, 6.45) is 1.60. The second kappa shape index (κ2) is 5.94. The summed E-state index contributed by atoms with van der Waals surface area (Å²) in [4.78, 5) is 23.9. The molecule has 0 N–H and O–H groups in total. The molecule has 2 aliphatic rings. The van der Waals surface area contributed by atoms with Crippen molar-refractivity contribution in [1.82, 2.24) is 0 Å². The Balaban J connectivity index is 1.56. The Morgan fingerprint density at radius 2 is 1.96 bits per heavy atom. The Bertz CT molecular complexity index is 818. The summed E-state index contributed by atoms with van der Waals surface area (Å²) in [5, 5.41) is 10.7.